The van der Waals surface area contributed by atoms with E-state index in [1.54, 1.807) is 6.92 Å². The quantitative estimate of drug-likeness (QED) is 0.655. The number of rotatable bonds is 2. The molecule has 6 radical (unpaired) electrons. The third-order valence-corrected chi connectivity index (χ3v) is 2.45. The van der Waals surface area contributed by atoms with Gasteiger partial charge >= 0.3 is 0 Å². The van der Waals surface area contributed by atoms with Gasteiger partial charge in [0.2, 0.25) is 0 Å². The van der Waals surface area contributed by atoms with E-state index in [0.29, 0.717) is 10.7 Å². The van der Waals surface area contributed by atoms with Gasteiger partial charge in [0.05, 0.1) is 39.9 Å². The summed E-state index contributed by atoms with van der Waals surface area (Å²) in [6.07, 6.45) is 0. The van der Waals surface area contributed by atoms with Crippen LogP contribution in [0, 0.1) is 6.92 Å². The van der Waals surface area contributed by atoms with Crippen LogP contribution in [-0.2, 0) is 5.24 Å². The van der Waals surface area contributed by atoms with Gasteiger partial charge in [0.15, 0.2) is 0 Å². The third kappa shape index (κ3) is 2.03. The second-order valence-corrected chi connectivity index (χ2v) is 4.12. The van der Waals surface area contributed by atoms with E-state index in [0.717, 1.165) is 5.69 Å². The molecule has 68 valence electrons. The van der Waals surface area contributed by atoms with Crippen LogP contribution < -0.4 is 0 Å². The van der Waals surface area contributed by atoms with Crippen LogP contribution in [0.15, 0.2) is 0 Å². The highest BCUT2D eigenvalue weighted by molar-refractivity contribution is 6.56. The fourth-order valence-corrected chi connectivity index (χ4v) is 1.59. The molecule has 0 fully saturated rings. The van der Waals surface area contributed by atoms with Crippen molar-refractivity contribution in [1.82, 2.24) is 9.78 Å². The van der Waals surface area contributed by atoms with Crippen molar-refractivity contribution in [3.05, 3.63) is 16.4 Å². The lowest BCUT2D eigenvalue weighted by Crippen LogP contribution is -2.37. The van der Waals surface area contributed by atoms with Crippen molar-refractivity contribution in [3.63, 3.8) is 0 Å². The zero-order valence-corrected chi connectivity index (χ0v) is 9.34. The van der Waals surface area contributed by atoms with Crippen LogP contribution in [0.3, 0.4) is 0 Å². The lowest BCUT2D eigenvalue weighted by Gasteiger charge is -2.22. The minimum absolute atomic E-state index is 0.213. The second-order valence-electron chi connectivity index (χ2n) is 3.74. The van der Waals surface area contributed by atoms with Gasteiger partial charge in [-0.25, -0.2) is 0 Å². The Morgan fingerprint density at radius 1 is 1.36 bits per heavy atom. The fourth-order valence-electron chi connectivity index (χ4n) is 1.25. The summed E-state index contributed by atoms with van der Waals surface area (Å²) in [6, 6.07) is 0. The second kappa shape index (κ2) is 3.69. The molecule has 0 unspecified atom stereocenters. The lowest BCUT2D eigenvalue weighted by atomic mass is 9.49. The number of aromatic nitrogens is 2. The zero-order valence-electron chi connectivity index (χ0n) is 8.58. The fraction of sp³-hybridized carbons (Fsp3) is 0.625. The Morgan fingerprint density at radius 3 is 2.07 bits per heavy atom. The van der Waals surface area contributed by atoms with Crippen molar-refractivity contribution >= 4 is 35.1 Å². The molecule has 0 saturated heterocycles. The predicted molar refractivity (Wildman–Crippen MR) is 61.3 cm³/mol. The summed E-state index contributed by atoms with van der Waals surface area (Å²) in [4.78, 5) is 0. The summed E-state index contributed by atoms with van der Waals surface area (Å²) in [6.45, 7) is 5.76. The Labute approximate surface area is 93.6 Å². The summed E-state index contributed by atoms with van der Waals surface area (Å²) in [5.74, 6) is 0.213. The first-order valence-electron chi connectivity index (χ1n) is 4.37. The minimum Gasteiger partial charge on any atom is -0.288 e. The van der Waals surface area contributed by atoms with Crippen molar-refractivity contribution in [1.29, 1.82) is 0 Å². The topological polar surface area (TPSA) is 17.8 Å². The summed E-state index contributed by atoms with van der Waals surface area (Å²) in [7, 11) is 16.6. The van der Waals surface area contributed by atoms with Gasteiger partial charge in [0.1, 0.15) is 0 Å². The third-order valence-electron chi connectivity index (χ3n) is 1.98. The molecule has 2 nitrogen and oxygen atoms in total. The van der Waals surface area contributed by atoms with Gasteiger partial charge in [0, 0.05) is 0 Å². The van der Waals surface area contributed by atoms with Crippen molar-refractivity contribution in [2.75, 3.05) is 0 Å². The molecule has 0 N–H and O–H groups in total. The van der Waals surface area contributed by atoms with Crippen LogP contribution in [0.2, 0.25) is 5.02 Å². The van der Waals surface area contributed by atoms with Gasteiger partial charge < -0.3 is 0 Å². The first-order valence-corrected chi connectivity index (χ1v) is 4.75. The van der Waals surface area contributed by atoms with E-state index in [-0.39, 0.29) is 5.92 Å². The van der Waals surface area contributed by atoms with E-state index in [4.69, 9.17) is 35.1 Å². The van der Waals surface area contributed by atoms with Crippen molar-refractivity contribution in [2.45, 2.75) is 31.9 Å². The maximum atomic E-state index is 6.06. The highest BCUT2D eigenvalue weighted by Crippen LogP contribution is 2.27. The molecule has 14 heavy (non-hydrogen) atoms. The summed E-state index contributed by atoms with van der Waals surface area (Å²) in [5, 5.41) is 3.27. The average molecular weight is 202 g/mol. The molecule has 1 heterocycles. The van der Waals surface area contributed by atoms with Crippen LogP contribution in [0.5, 0.6) is 0 Å². The maximum absolute atomic E-state index is 6.06. The molecule has 1 rings (SSSR count). The van der Waals surface area contributed by atoms with E-state index in [2.05, 4.69) is 5.10 Å². The van der Waals surface area contributed by atoms with Gasteiger partial charge in [-0.1, -0.05) is 25.4 Å². The molecule has 0 saturated carbocycles. The molecule has 0 amide bonds. The van der Waals surface area contributed by atoms with Crippen LogP contribution in [0.25, 0.3) is 0 Å². The smallest absolute Gasteiger partial charge is 0.0849 e. The first-order chi connectivity index (χ1) is 6.25. The van der Waals surface area contributed by atoms with Crippen LogP contribution >= 0.6 is 11.6 Å². The number of halogens is 1. The molecule has 1 aromatic rings. The van der Waals surface area contributed by atoms with Crippen molar-refractivity contribution < 1.29 is 0 Å². The Bertz CT molecular complexity index is 341. The SMILES string of the molecule is [B]C([B])([B])n1nc(C(C)C)c(Cl)c1C. The Kier molecular flexibility index (Phi) is 3.10. The maximum Gasteiger partial charge on any atom is 0.0849 e. The summed E-state index contributed by atoms with van der Waals surface area (Å²) in [5.41, 5.74) is 1.44. The molecule has 0 aromatic carbocycles. The molecule has 0 atom stereocenters. The molecule has 0 aliphatic heterocycles. The van der Waals surface area contributed by atoms with E-state index in [9.17, 15) is 0 Å². The van der Waals surface area contributed by atoms with Crippen molar-refractivity contribution in [2.24, 2.45) is 0 Å². The minimum atomic E-state index is -1.50. The lowest BCUT2D eigenvalue weighted by molar-refractivity contribution is 0.628. The molecule has 0 aliphatic carbocycles. The molecular weight excluding hydrogens is 192 g/mol. The van der Waals surface area contributed by atoms with E-state index in [1.807, 2.05) is 13.8 Å². The largest absolute Gasteiger partial charge is 0.288 e. The number of nitrogens with zero attached hydrogens (tertiary/aromatic N) is 2. The van der Waals surface area contributed by atoms with Gasteiger partial charge in [-0.05, 0) is 18.1 Å². The van der Waals surface area contributed by atoms with E-state index >= 15 is 0 Å². The van der Waals surface area contributed by atoms with Crippen LogP contribution in [-0.4, -0.2) is 33.3 Å². The van der Waals surface area contributed by atoms with Crippen LogP contribution in [0.4, 0.5) is 0 Å². The summed E-state index contributed by atoms with van der Waals surface area (Å²) < 4.78 is 1.34. The highest BCUT2D eigenvalue weighted by Gasteiger charge is 2.21. The molecule has 6 heteroatoms. The molecule has 0 spiro atoms. The van der Waals surface area contributed by atoms with E-state index in [1.165, 1.54) is 4.68 Å². The summed E-state index contributed by atoms with van der Waals surface area (Å²) >= 11 is 6.06. The molecule has 0 aliphatic rings. The Hall–Kier alpha value is -0.305. The van der Waals surface area contributed by atoms with Crippen molar-refractivity contribution in [3.8, 4) is 0 Å². The van der Waals surface area contributed by atoms with Gasteiger partial charge in [-0.3, -0.25) is 4.68 Å². The molecular formula is C8H10B3ClN2. The molecule has 1 aromatic heterocycles. The van der Waals surface area contributed by atoms with Gasteiger partial charge in [-0.15, -0.1) is 0 Å². The Morgan fingerprint density at radius 2 is 1.86 bits per heavy atom. The average Bonchev–Trinajstić information content (AvgIpc) is 2.28. The zero-order chi connectivity index (χ0) is 11.1. The first kappa shape index (κ1) is 11.8. The van der Waals surface area contributed by atoms with Gasteiger partial charge in [0.25, 0.3) is 0 Å². The van der Waals surface area contributed by atoms with E-state index < -0.39 is 5.24 Å². The Balaban J connectivity index is 3.29. The normalized spacial score (nSPS) is 12.4. The monoisotopic (exact) mass is 202 g/mol. The number of hydrogen-bond donors (Lipinski definition) is 0. The highest BCUT2D eigenvalue weighted by atomic mass is 35.5. The predicted octanol–water partition coefficient (Wildman–Crippen LogP) is 1.04. The molecule has 0 bridgehead atoms. The van der Waals surface area contributed by atoms with Crippen LogP contribution in [0.1, 0.15) is 31.2 Å². The van der Waals surface area contributed by atoms with Gasteiger partial charge in [-0.2, -0.15) is 5.10 Å². The standard InChI is InChI=1S/C8H10B3ClN2/c1-4(2)7-6(12)5(3)14(13-7)8(9,10)11/h4H,1-3H3. The number of hydrogen-bond acceptors (Lipinski definition) is 1.